The maximum atomic E-state index is 5.72. The molecule has 0 heterocycles. The lowest BCUT2D eigenvalue weighted by Crippen LogP contribution is -2.33. The van der Waals surface area contributed by atoms with Gasteiger partial charge in [0.15, 0.2) is 11.9 Å². The molecule has 0 aliphatic rings. The summed E-state index contributed by atoms with van der Waals surface area (Å²) in [6.45, 7) is 14.3. The number of nitrogens with one attached hydrogen (secondary N) is 2. The summed E-state index contributed by atoms with van der Waals surface area (Å²) in [5.74, 6) is 0.984. The Balaban J connectivity index is 0. The molecule has 0 bridgehead atoms. The summed E-state index contributed by atoms with van der Waals surface area (Å²) in [5, 5.41) is 6.20. The van der Waals surface area contributed by atoms with Gasteiger partial charge in [0.1, 0.15) is 0 Å². The molecule has 0 atom stereocenters. The van der Waals surface area contributed by atoms with E-state index in [9.17, 15) is 0 Å². The predicted octanol–water partition coefficient (Wildman–Crippen LogP) is 2.13. The molecule has 134 valence electrons. The minimum Gasteiger partial charge on any atom is -0.370 e. The summed E-state index contributed by atoms with van der Waals surface area (Å²) in [7, 11) is 0. The van der Waals surface area contributed by atoms with Gasteiger partial charge in [0.05, 0.1) is 13.1 Å². The number of aliphatic imine (C=N–C) groups is 2. The highest BCUT2D eigenvalue weighted by Crippen LogP contribution is 1.97. The maximum absolute atomic E-state index is 5.72. The van der Waals surface area contributed by atoms with E-state index in [1.807, 2.05) is 13.8 Å². The van der Waals surface area contributed by atoms with Crippen LogP contribution in [0.3, 0.4) is 0 Å². The van der Waals surface area contributed by atoms with Crippen molar-refractivity contribution in [3.63, 3.8) is 0 Å². The molecule has 23 heavy (non-hydrogen) atoms. The van der Waals surface area contributed by atoms with Gasteiger partial charge >= 0.3 is 0 Å². The van der Waals surface area contributed by atoms with E-state index in [0.717, 1.165) is 49.9 Å². The average molecular weight is 436 g/mol. The molecule has 0 amide bonds. The number of nitrogens with zero attached hydrogens (tertiary/aromatic N) is 2. The zero-order valence-corrected chi connectivity index (χ0v) is 16.9. The topological polar surface area (TPSA) is 101 Å². The molecule has 0 radical (unpaired) electrons. The van der Waals surface area contributed by atoms with Crippen LogP contribution in [0.5, 0.6) is 0 Å². The molecular formula is C16H33IN6. The fourth-order valence-corrected chi connectivity index (χ4v) is 1.59. The van der Waals surface area contributed by atoms with Crippen molar-refractivity contribution in [2.75, 3.05) is 26.2 Å². The van der Waals surface area contributed by atoms with Gasteiger partial charge in [0.25, 0.3) is 0 Å². The standard InChI is InChI=1S/C16H32N6.HI/c1-13(2)11-21-15(17)19-9-7-5-6-8-10-20-16(18)22-12-14(3)4;/h1,3,5-12H2,2,4H3,(H3,17,19,21)(H3,18,20,22);1H. The first-order valence-electron chi connectivity index (χ1n) is 7.78. The summed E-state index contributed by atoms with van der Waals surface area (Å²) in [6.07, 6.45) is 4.43. The van der Waals surface area contributed by atoms with Gasteiger partial charge in [-0.1, -0.05) is 37.1 Å². The van der Waals surface area contributed by atoms with Crippen molar-refractivity contribution in [1.82, 2.24) is 10.6 Å². The summed E-state index contributed by atoms with van der Waals surface area (Å²) < 4.78 is 0. The quantitative estimate of drug-likeness (QED) is 0.131. The third-order valence-electron chi connectivity index (χ3n) is 2.75. The molecule has 7 heteroatoms. The van der Waals surface area contributed by atoms with E-state index in [1.165, 1.54) is 0 Å². The van der Waals surface area contributed by atoms with Gasteiger partial charge in [0.2, 0.25) is 0 Å². The predicted molar refractivity (Wildman–Crippen MR) is 112 cm³/mol. The highest BCUT2D eigenvalue weighted by atomic mass is 127. The van der Waals surface area contributed by atoms with Gasteiger partial charge in [-0.15, -0.1) is 24.0 Å². The van der Waals surface area contributed by atoms with Crippen LogP contribution >= 0.6 is 24.0 Å². The Labute approximate surface area is 158 Å². The SMILES string of the molecule is C=C(C)CN=C(N)NCCCCCCNC(N)=NCC(=C)C.I. The van der Waals surface area contributed by atoms with Crippen LogP contribution in [0.4, 0.5) is 0 Å². The zero-order chi connectivity index (χ0) is 16.8. The lowest BCUT2D eigenvalue weighted by molar-refractivity contribution is 0.622. The second-order valence-electron chi connectivity index (χ2n) is 5.58. The fourth-order valence-electron chi connectivity index (χ4n) is 1.59. The Morgan fingerprint density at radius 2 is 1.13 bits per heavy atom. The van der Waals surface area contributed by atoms with Crippen LogP contribution < -0.4 is 22.1 Å². The second kappa shape index (κ2) is 15.6. The van der Waals surface area contributed by atoms with E-state index in [0.29, 0.717) is 25.0 Å². The monoisotopic (exact) mass is 436 g/mol. The smallest absolute Gasteiger partial charge is 0.188 e. The molecule has 0 rings (SSSR count). The van der Waals surface area contributed by atoms with Crippen molar-refractivity contribution in [2.24, 2.45) is 21.5 Å². The molecule has 0 aliphatic heterocycles. The van der Waals surface area contributed by atoms with Crippen LogP contribution in [-0.2, 0) is 0 Å². The van der Waals surface area contributed by atoms with Gasteiger partial charge < -0.3 is 22.1 Å². The molecule has 0 saturated heterocycles. The molecule has 0 aliphatic carbocycles. The highest BCUT2D eigenvalue weighted by Gasteiger charge is 1.94. The van der Waals surface area contributed by atoms with Crippen LogP contribution in [0.2, 0.25) is 0 Å². The first kappa shape index (κ1) is 24.0. The van der Waals surface area contributed by atoms with Crippen molar-refractivity contribution in [3.05, 3.63) is 24.3 Å². The Morgan fingerprint density at radius 3 is 1.43 bits per heavy atom. The summed E-state index contributed by atoms with van der Waals surface area (Å²) in [6, 6.07) is 0. The zero-order valence-electron chi connectivity index (χ0n) is 14.5. The van der Waals surface area contributed by atoms with E-state index in [1.54, 1.807) is 0 Å². The van der Waals surface area contributed by atoms with E-state index < -0.39 is 0 Å². The van der Waals surface area contributed by atoms with E-state index >= 15 is 0 Å². The van der Waals surface area contributed by atoms with Crippen molar-refractivity contribution in [3.8, 4) is 0 Å². The average Bonchev–Trinajstić information content (AvgIpc) is 2.45. The number of hydrogen-bond donors (Lipinski definition) is 4. The number of unbranched alkanes of at least 4 members (excludes halogenated alkanes) is 3. The Morgan fingerprint density at radius 1 is 0.783 bits per heavy atom. The molecule has 6 N–H and O–H groups in total. The second-order valence-corrected chi connectivity index (χ2v) is 5.58. The van der Waals surface area contributed by atoms with E-state index in [4.69, 9.17) is 11.5 Å². The Bertz CT molecular complexity index is 365. The summed E-state index contributed by atoms with van der Waals surface area (Å²) in [5.41, 5.74) is 13.4. The molecule has 0 unspecified atom stereocenters. The van der Waals surface area contributed by atoms with Gasteiger partial charge in [0, 0.05) is 13.1 Å². The van der Waals surface area contributed by atoms with Gasteiger partial charge in [-0.3, -0.25) is 0 Å². The normalized spacial score (nSPS) is 11.6. The number of hydrogen-bond acceptors (Lipinski definition) is 2. The third kappa shape index (κ3) is 18.7. The van der Waals surface area contributed by atoms with Gasteiger partial charge in [-0.2, -0.15) is 0 Å². The van der Waals surface area contributed by atoms with Crippen LogP contribution in [0.1, 0.15) is 39.5 Å². The summed E-state index contributed by atoms with van der Waals surface area (Å²) in [4.78, 5) is 8.32. The lowest BCUT2D eigenvalue weighted by Gasteiger charge is -2.07. The number of nitrogens with two attached hydrogens (primary N) is 2. The Hall–Kier alpha value is -1.25. The molecule has 0 aromatic heterocycles. The number of rotatable bonds is 11. The van der Waals surface area contributed by atoms with E-state index in [2.05, 4.69) is 33.8 Å². The van der Waals surface area contributed by atoms with Crippen LogP contribution in [0, 0.1) is 0 Å². The van der Waals surface area contributed by atoms with Crippen LogP contribution in [0.15, 0.2) is 34.3 Å². The third-order valence-corrected chi connectivity index (χ3v) is 2.75. The van der Waals surface area contributed by atoms with Crippen molar-refractivity contribution >= 4 is 35.9 Å². The van der Waals surface area contributed by atoms with Crippen molar-refractivity contribution < 1.29 is 0 Å². The van der Waals surface area contributed by atoms with Crippen molar-refractivity contribution in [2.45, 2.75) is 39.5 Å². The van der Waals surface area contributed by atoms with Gasteiger partial charge in [-0.25, -0.2) is 9.98 Å². The highest BCUT2D eigenvalue weighted by molar-refractivity contribution is 14.0. The summed E-state index contributed by atoms with van der Waals surface area (Å²) >= 11 is 0. The first-order valence-corrected chi connectivity index (χ1v) is 7.78. The van der Waals surface area contributed by atoms with Crippen molar-refractivity contribution in [1.29, 1.82) is 0 Å². The van der Waals surface area contributed by atoms with Gasteiger partial charge in [-0.05, 0) is 26.7 Å². The molecule has 6 nitrogen and oxygen atoms in total. The van der Waals surface area contributed by atoms with E-state index in [-0.39, 0.29) is 24.0 Å². The first-order chi connectivity index (χ1) is 10.4. The minimum absolute atomic E-state index is 0. The van der Waals surface area contributed by atoms with Crippen LogP contribution in [0.25, 0.3) is 0 Å². The lowest BCUT2D eigenvalue weighted by atomic mass is 10.2. The number of halogens is 1. The molecular weight excluding hydrogens is 403 g/mol. The molecule has 0 aromatic rings. The molecule has 0 aromatic carbocycles. The largest absolute Gasteiger partial charge is 0.370 e. The molecule has 0 saturated carbocycles. The fraction of sp³-hybridized carbons (Fsp3) is 0.625. The molecule has 0 spiro atoms. The Kier molecular flexibility index (Phi) is 16.3. The number of guanidine groups is 2. The minimum atomic E-state index is 0. The van der Waals surface area contributed by atoms with Crippen LogP contribution in [-0.4, -0.2) is 38.1 Å². The molecule has 0 fully saturated rings. The maximum Gasteiger partial charge on any atom is 0.188 e.